The van der Waals surface area contributed by atoms with Gasteiger partial charge in [-0.25, -0.2) is 4.39 Å². The number of aliphatic imine (C=N–C) groups is 1. The number of guanidine groups is 1. The van der Waals surface area contributed by atoms with Crippen molar-refractivity contribution in [2.75, 3.05) is 13.6 Å². The number of carbonyl (C=O) groups excluding carboxylic acids is 1. The van der Waals surface area contributed by atoms with Crippen LogP contribution in [-0.4, -0.2) is 31.5 Å². The van der Waals surface area contributed by atoms with Crippen molar-refractivity contribution in [3.63, 3.8) is 0 Å². The third kappa shape index (κ3) is 6.56. The Hall–Kier alpha value is -2.11. The molecule has 0 bridgehead atoms. The van der Waals surface area contributed by atoms with Crippen molar-refractivity contribution < 1.29 is 9.18 Å². The van der Waals surface area contributed by atoms with Gasteiger partial charge in [-0.1, -0.05) is 12.1 Å². The second-order valence-corrected chi connectivity index (χ2v) is 5.41. The minimum Gasteiger partial charge on any atom is -0.356 e. The van der Waals surface area contributed by atoms with Gasteiger partial charge in [0, 0.05) is 32.6 Å². The van der Waals surface area contributed by atoms with Crippen molar-refractivity contribution >= 4 is 11.9 Å². The zero-order valence-electron chi connectivity index (χ0n) is 13.7. The molecule has 6 heteroatoms. The molecule has 0 aliphatic heterocycles. The van der Waals surface area contributed by atoms with Crippen molar-refractivity contribution in [3.8, 4) is 0 Å². The van der Waals surface area contributed by atoms with E-state index >= 15 is 0 Å². The number of carbonyl (C=O) groups is 1. The van der Waals surface area contributed by atoms with Gasteiger partial charge in [0.15, 0.2) is 5.96 Å². The van der Waals surface area contributed by atoms with E-state index in [9.17, 15) is 9.18 Å². The predicted octanol–water partition coefficient (Wildman–Crippen LogP) is 1.71. The number of hydrogen-bond acceptors (Lipinski definition) is 2. The van der Waals surface area contributed by atoms with Gasteiger partial charge in [0.1, 0.15) is 5.82 Å². The molecule has 0 radical (unpaired) electrons. The lowest BCUT2D eigenvalue weighted by molar-refractivity contribution is -0.121. The molecule has 0 aromatic heterocycles. The van der Waals surface area contributed by atoms with Crippen LogP contribution in [0, 0.1) is 12.7 Å². The van der Waals surface area contributed by atoms with Gasteiger partial charge in [0.2, 0.25) is 5.91 Å². The number of rotatable bonds is 6. The summed E-state index contributed by atoms with van der Waals surface area (Å²) in [6, 6.07) is 5.26. The summed E-state index contributed by atoms with van der Waals surface area (Å²) in [7, 11) is 1.65. The molecule has 122 valence electrons. The summed E-state index contributed by atoms with van der Waals surface area (Å²) in [5.74, 6) is 0.365. The number of aryl methyl sites for hydroxylation is 1. The molecular formula is C16H25FN4O. The van der Waals surface area contributed by atoms with Crippen molar-refractivity contribution in [2.24, 2.45) is 4.99 Å². The summed E-state index contributed by atoms with van der Waals surface area (Å²) in [6.07, 6.45) is 0.373. The predicted molar refractivity (Wildman–Crippen MR) is 87.2 cm³/mol. The number of hydrogen-bond donors (Lipinski definition) is 3. The molecule has 0 saturated carbocycles. The van der Waals surface area contributed by atoms with Crippen LogP contribution in [0.15, 0.2) is 23.2 Å². The number of amides is 1. The highest BCUT2D eigenvalue weighted by molar-refractivity contribution is 5.81. The van der Waals surface area contributed by atoms with Crippen LogP contribution in [0.25, 0.3) is 0 Å². The zero-order valence-corrected chi connectivity index (χ0v) is 13.7. The summed E-state index contributed by atoms with van der Waals surface area (Å²) >= 11 is 0. The van der Waals surface area contributed by atoms with Gasteiger partial charge in [-0.15, -0.1) is 0 Å². The Bertz CT molecular complexity index is 529. The van der Waals surface area contributed by atoms with Crippen LogP contribution in [0.4, 0.5) is 4.39 Å². The summed E-state index contributed by atoms with van der Waals surface area (Å²) < 4.78 is 13.5. The summed E-state index contributed by atoms with van der Waals surface area (Å²) in [6.45, 7) is 6.53. The van der Waals surface area contributed by atoms with E-state index in [1.165, 1.54) is 6.07 Å². The Balaban J connectivity index is 2.36. The standard InChI is InChI=1S/C16H25FN4O/c1-11(2)21-15(22)7-8-19-16(18-4)20-10-13-6-5-12(3)14(17)9-13/h5-6,9,11H,7-8,10H2,1-4H3,(H,21,22)(H2,18,19,20). The fraction of sp³-hybridized carbons (Fsp3) is 0.500. The Morgan fingerprint density at radius 1 is 1.32 bits per heavy atom. The maximum absolute atomic E-state index is 13.5. The smallest absolute Gasteiger partial charge is 0.221 e. The van der Waals surface area contributed by atoms with E-state index in [1.54, 1.807) is 20.0 Å². The Labute approximate surface area is 131 Å². The quantitative estimate of drug-likeness (QED) is 0.554. The minimum atomic E-state index is -0.215. The van der Waals surface area contributed by atoms with Gasteiger partial charge in [-0.2, -0.15) is 0 Å². The highest BCUT2D eigenvalue weighted by atomic mass is 19.1. The molecule has 1 aromatic carbocycles. The van der Waals surface area contributed by atoms with Gasteiger partial charge in [-0.05, 0) is 38.0 Å². The fourth-order valence-electron chi connectivity index (χ4n) is 1.84. The van der Waals surface area contributed by atoms with Crippen molar-refractivity contribution in [1.29, 1.82) is 0 Å². The molecule has 5 nitrogen and oxygen atoms in total. The van der Waals surface area contributed by atoms with E-state index < -0.39 is 0 Å². The number of benzene rings is 1. The van der Waals surface area contributed by atoms with Crippen molar-refractivity contribution in [2.45, 2.75) is 39.8 Å². The molecule has 0 heterocycles. The van der Waals surface area contributed by atoms with Crippen LogP contribution in [0.1, 0.15) is 31.4 Å². The fourth-order valence-corrected chi connectivity index (χ4v) is 1.84. The first-order valence-electron chi connectivity index (χ1n) is 7.41. The van der Waals surface area contributed by atoms with E-state index in [4.69, 9.17) is 0 Å². The van der Waals surface area contributed by atoms with E-state index in [1.807, 2.05) is 19.9 Å². The molecule has 3 N–H and O–H groups in total. The lowest BCUT2D eigenvalue weighted by Gasteiger charge is -2.13. The van der Waals surface area contributed by atoms with E-state index in [2.05, 4.69) is 20.9 Å². The molecule has 0 atom stereocenters. The topological polar surface area (TPSA) is 65.5 Å². The molecule has 0 saturated heterocycles. The molecule has 1 rings (SSSR count). The zero-order chi connectivity index (χ0) is 16.5. The molecule has 0 fully saturated rings. The molecule has 1 amide bonds. The summed E-state index contributed by atoms with van der Waals surface area (Å²) in [5.41, 5.74) is 1.46. The van der Waals surface area contributed by atoms with Gasteiger partial charge in [0.05, 0.1) is 0 Å². The summed E-state index contributed by atoms with van der Waals surface area (Å²) in [5, 5.41) is 8.96. The summed E-state index contributed by atoms with van der Waals surface area (Å²) in [4.78, 5) is 15.6. The van der Waals surface area contributed by atoms with Gasteiger partial charge < -0.3 is 16.0 Å². The maximum Gasteiger partial charge on any atom is 0.221 e. The van der Waals surface area contributed by atoms with E-state index in [0.29, 0.717) is 31.0 Å². The monoisotopic (exact) mass is 308 g/mol. The largest absolute Gasteiger partial charge is 0.356 e. The van der Waals surface area contributed by atoms with Crippen LogP contribution in [-0.2, 0) is 11.3 Å². The SMILES string of the molecule is CN=C(NCCC(=O)NC(C)C)NCc1ccc(C)c(F)c1. The normalized spacial score (nSPS) is 11.5. The minimum absolute atomic E-state index is 0.00133. The van der Waals surface area contributed by atoms with E-state index in [0.717, 1.165) is 5.56 Å². The number of nitrogens with zero attached hydrogens (tertiary/aromatic N) is 1. The molecule has 0 aliphatic carbocycles. The average Bonchev–Trinajstić information content (AvgIpc) is 2.45. The molecule has 0 unspecified atom stereocenters. The highest BCUT2D eigenvalue weighted by Gasteiger charge is 2.04. The van der Waals surface area contributed by atoms with E-state index in [-0.39, 0.29) is 17.8 Å². The lowest BCUT2D eigenvalue weighted by Crippen LogP contribution is -2.39. The first kappa shape index (κ1) is 17.9. The van der Waals surface area contributed by atoms with Crippen LogP contribution >= 0.6 is 0 Å². The first-order chi connectivity index (χ1) is 10.4. The Morgan fingerprint density at radius 3 is 2.64 bits per heavy atom. The molecule has 0 spiro atoms. The first-order valence-corrected chi connectivity index (χ1v) is 7.41. The Morgan fingerprint density at radius 2 is 2.05 bits per heavy atom. The van der Waals surface area contributed by atoms with Gasteiger partial charge >= 0.3 is 0 Å². The highest BCUT2D eigenvalue weighted by Crippen LogP contribution is 2.08. The second kappa shape index (κ2) is 9.02. The van der Waals surface area contributed by atoms with Crippen LogP contribution in [0.5, 0.6) is 0 Å². The van der Waals surface area contributed by atoms with Crippen molar-refractivity contribution in [1.82, 2.24) is 16.0 Å². The molecule has 1 aromatic rings. The van der Waals surface area contributed by atoms with Crippen LogP contribution in [0.3, 0.4) is 0 Å². The van der Waals surface area contributed by atoms with Crippen LogP contribution in [0.2, 0.25) is 0 Å². The van der Waals surface area contributed by atoms with Gasteiger partial charge in [-0.3, -0.25) is 9.79 Å². The third-order valence-corrected chi connectivity index (χ3v) is 3.01. The lowest BCUT2D eigenvalue weighted by atomic mass is 10.1. The van der Waals surface area contributed by atoms with Crippen molar-refractivity contribution in [3.05, 3.63) is 35.1 Å². The molecular weight excluding hydrogens is 283 g/mol. The average molecular weight is 308 g/mol. The number of nitrogens with one attached hydrogen (secondary N) is 3. The van der Waals surface area contributed by atoms with Crippen LogP contribution < -0.4 is 16.0 Å². The van der Waals surface area contributed by atoms with Gasteiger partial charge in [0.25, 0.3) is 0 Å². The maximum atomic E-state index is 13.5. The molecule has 22 heavy (non-hydrogen) atoms. The molecule has 0 aliphatic rings. The number of halogens is 1. The third-order valence-electron chi connectivity index (χ3n) is 3.01. The second-order valence-electron chi connectivity index (χ2n) is 5.41. The Kier molecular flexibility index (Phi) is 7.36.